The normalized spacial score (nSPS) is 19.8. The molecule has 1 aromatic carbocycles. The molecule has 0 radical (unpaired) electrons. The highest BCUT2D eigenvalue weighted by molar-refractivity contribution is 7.92. The van der Waals surface area contributed by atoms with Crippen LogP contribution in [0.15, 0.2) is 35.4 Å². The zero-order chi connectivity index (χ0) is 22.9. The largest absolute Gasteiger partial charge is 0.342 e. The lowest BCUT2D eigenvalue weighted by Crippen LogP contribution is -2.28. The van der Waals surface area contributed by atoms with Crippen molar-refractivity contribution in [3.8, 4) is 0 Å². The Hall–Kier alpha value is -2.06. The maximum atomic E-state index is 13.3. The summed E-state index contributed by atoms with van der Waals surface area (Å²) >= 11 is 1.53. The Balaban J connectivity index is 1.54. The van der Waals surface area contributed by atoms with Gasteiger partial charge in [-0.3, -0.25) is 9.59 Å². The molecule has 8 heteroatoms. The lowest BCUT2D eigenvalue weighted by molar-refractivity contribution is -0.129. The summed E-state index contributed by atoms with van der Waals surface area (Å²) < 4.78 is 25.1. The van der Waals surface area contributed by atoms with Crippen LogP contribution in [0.2, 0.25) is 0 Å². The van der Waals surface area contributed by atoms with Gasteiger partial charge in [0, 0.05) is 36.5 Å². The van der Waals surface area contributed by atoms with Crippen molar-refractivity contribution >= 4 is 32.9 Å². The number of carbonyl (C=O) groups is 2. The molecule has 1 amide bonds. The Labute approximate surface area is 194 Å². The first kappa shape index (κ1) is 23.1. The summed E-state index contributed by atoms with van der Waals surface area (Å²) in [6.07, 6.45) is 5.56. The van der Waals surface area contributed by atoms with Crippen LogP contribution in [-0.2, 0) is 25.8 Å². The third kappa shape index (κ3) is 5.12. The number of Topliss-reactive ketones (excluding diaryl/α,β-unsaturated/α-hetero) is 1. The third-order valence-corrected chi connectivity index (χ3v) is 9.66. The summed E-state index contributed by atoms with van der Waals surface area (Å²) in [5.41, 5.74) is 0.846. The van der Waals surface area contributed by atoms with E-state index in [0.29, 0.717) is 24.3 Å². The average molecular weight is 475 g/mol. The molecule has 2 heterocycles. The molecule has 1 saturated carbocycles. The number of amides is 1. The molecule has 0 bridgehead atoms. The van der Waals surface area contributed by atoms with Crippen molar-refractivity contribution in [3.05, 3.63) is 45.9 Å². The van der Waals surface area contributed by atoms with Gasteiger partial charge in [0.1, 0.15) is 10.8 Å². The molecule has 2 fully saturated rings. The van der Waals surface area contributed by atoms with E-state index in [-0.39, 0.29) is 35.2 Å². The molecular formula is C24H30N2O4S2. The van der Waals surface area contributed by atoms with Gasteiger partial charge in [-0.05, 0) is 56.2 Å². The first-order valence-electron chi connectivity index (χ1n) is 11.3. The molecule has 2 aromatic rings. The molecule has 0 N–H and O–H groups in total. The molecule has 1 aliphatic heterocycles. The van der Waals surface area contributed by atoms with Gasteiger partial charge in [0.25, 0.3) is 0 Å². The molecule has 1 aromatic heterocycles. The van der Waals surface area contributed by atoms with Crippen molar-refractivity contribution in [2.75, 3.05) is 13.1 Å². The monoisotopic (exact) mass is 474 g/mol. The van der Waals surface area contributed by atoms with E-state index in [0.717, 1.165) is 41.3 Å². The lowest BCUT2D eigenvalue weighted by atomic mass is 9.84. The molecule has 32 heavy (non-hydrogen) atoms. The molecule has 2 atom stereocenters. The molecule has 2 aliphatic rings. The highest BCUT2D eigenvalue weighted by Crippen LogP contribution is 2.35. The Kier molecular flexibility index (Phi) is 6.81. The number of likely N-dealkylation sites (tertiary alicyclic amines) is 1. The number of thiazole rings is 1. The van der Waals surface area contributed by atoms with Gasteiger partial charge in [0.15, 0.2) is 9.84 Å². The van der Waals surface area contributed by atoms with E-state index >= 15 is 0 Å². The minimum atomic E-state index is -3.25. The summed E-state index contributed by atoms with van der Waals surface area (Å²) in [6.45, 7) is 5.26. The van der Waals surface area contributed by atoms with Crippen molar-refractivity contribution < 1.29 is 18.0 Å². The Morgan fingerprint density at radius 2 is 1.91 bits per heavy atom. The van der Waals surface area contributed by atoms with Crippen molar-refractivity contribution in [2.45, 2.75) is 68.4 Å². The summed E-state index contributed by atoms with van der Waals surface area (Å²) in [5.74, 6) is 0.173. The van der Waals surface area contributed by atoms with E-state index in [2.05, 4.69) is 4.98 Å². The summed E-state index contributed by atoms with van der Waals surface area (Å²) in [6, 6.07) is 6.90. The summed E-state index contributed by atoms with van der Waals surface area (Å²) in [4.78, 5) is 33.1. The smallest absolute Gasteiger partial charge is 0.222 e. The predicted octanol–water partition coefficient (Wildman–Crippen LogP) is 3.93. The van der Waals surface area contributed by atoms with E-state index in [1.54, 1.807) is 30.5 Å². The standard InChI is InChI=1S/C24H30N2O4S2/c1-3-24(28)26-11-10-17(15-26)12-21(22(27)13-23-25-14-16(2)31-23)18-4-6-19(7-5-18)32(29,30)20-8-9-20/h4-7,14,17,20-21H,3,8-13,15H2,1-2H3/t17-,21-/m1/s1. The van der Waals surface area contributed by atoms with Crippen LogP contribution in [0.5, 0.6) is 0 Å². The van der Waals surface area contributed by atoms with Gasteiger partial charge in [-0.25, -0.2) is 13.4 Å². The van der Waals surface area contributed by atoms with Crippen LogP contribution in [0.1, 0.15) is 60.4 Å². The zero-order valence-electron chi connectivity index (χ0n) is 18.6. The van der Waals surface area contributed by atoms with E-state index in [4.69, 9.17) is 0 Å². The number of aromatic nitrogens is 1. The zero-order valence-corrected chi connectivity index (χ0v) is 20.3. The van der Waals surface area contributed by atoms with Gasteiger partial charge in [-0.2, -0.15) is 0 Å². The Morgan fingerprint density at radius 3 is 2.50 bits per heavy atom. The van der Waals surface area contributed by atoms with Crippen LogP contribution in [0.25, 0.3) is 0 Å². The number of aryl methyl sites for hydroxylation is 1. The van der Waals surface area contributed by atoms with Crippen molar-refractivity contribution in [1.82, 2.24) is 9.88 Å². The number of hydrogen-bond donors (Lipinski definition) is 0. The number of carbonyl (C=O) groups excluding carboxylic acids is 2. The third-order valence-electron chi connectivity index (χ3n) is 6.47. The van der Waals surface area contributed by atoms with Crippen molar-refractivity contribution in [2.24, 2.45) is 5.92 Å². The minimum Gasteiger partial charge on any atom is -0.342 e. The summed E-state index contributed by atoms with van der Waals surface area (Å²) in [7, 11) is -3.25. The number of sulfone groups is 1. The van der Waals surface area contributed by atoms with Crippen molar-refractivity contribution in [3.63, 3.8) is 0 Å². The predicted molar refractivity (Wildman–Crippen MR) is 125 cm³/mol. The summed E-state index contributed by atoms with van der Waals surface area (Å²) in [5, 5.41) is 0.555. The van der Waals surface area contributed by atoms with Gasteiger partial charge < -0.3 is 4.90 Å². The van der Waals surface area contributed by atoms with Crippen LogP contribution in [0.4, 0.5) is 0 Å². The molecular weight excluding hydrogens is 444 g/mol. The molecule has 0 unspecified atom stereocenters. The number of hydrogen-bond acceptors (Lipinski definition) is 6. The van der Waals surface area contributed by atoms with Gasteiger partial charge in [0.2, 0.25) is 5.91 Å². The van der Waals surface area contributed by atoms with Crippen LogP contribution in [-0.4, -0.2) is 48.3 Å². The topological polar surface area (TPSA) is 84.4 Å². The van der Waals surface area contributed by atoms with E-state index in [1.807, 2.05) is 18.7 Å². The maximum Gasteiger partial charge on any atom is 0.222 e. The van der Waals surface area contributed by atoms with Crippen molar-refractivity contribution in [1.29, 1.82) is 0 Å². The van der Waals surface area contributed by atoms with Crippen LogP contribution < -0.4 is 0 Å². The number of rotatable bonds is 9. The van der Waals surface area contributed by atoms with E-state index < -0.39 is 9.84 Å². The number of benzene rings is 1. The minimum absolute atomic E-state index is 0.0948. The second-order valence-electron chi connectivity index (χ2n) is 8.96. The van der Waals surface area contributed by atoms with E-state index in [9.17, 15) is 18.0 Å². The Morgan fingerprint density at radius 1 is 1.19 bits per heavy atom. The first-order valence-corrected chi connectivity index (χ1v) is 13.7. The quantitative estimate of drug-likeness (QED) is 0.550. The fraction of sp³-hybridized carbons (Fsp3) is 0.542. The van der Waals surface area contributed by atoms with Gasteiger partial charge in [-0.15, -0.1) is 11.3 Å². The van der Waals surface area contributed by atoms with Crippen LogP contribution >= 0.6 is 11.3 Å². The maximum absolute atomic E-state index is 13.3. The number of ketones is 1. The second-order valence-corrected chi connectivity index (χ2v) is 12.5. The van der Waals surface area contributed by atoms with Crippen LogP contribution in [0.3, 0.4) is 0 Å². The van der Waals surface area contributed by atoms with Gasteiger partial charge >= 0.3 is 0 Å². The number of nitrogens with zero attached hydrogens (tertiary/aromatic N) is 2. The lowest BCUT2D eigenvalue weighted by Gasteiger charge is -2.21. The molecule has 172 valence electrons. The van der Waals surface area contributed by atoms with E-state index in [1.165, 1.54) is 11.3 Å². The fourth-order valence-corrected chi connectivity index (χ4v) is 6.93. The average Bonchev–Trinajstić information content (AvgIpc) is 3.42. The molecule has 1 saturated heterocycles. The highest BCUT2D eigenvalue weighted by Gasteiger charge is 2.37. The molecule has 4 rings (SSSR count). The molecule has 1 aliphatic carbocycles. The Bertz CT molecular complexity index is 1090. The fourth-order valence-electron chi connectivity index (χ4n) is 4.48. The molecule has 6 nitrogen and oxygen atoms in total. The van der Waals surface area contributed by atoms with Gasteiger partial charge in [-0.1, -0.05) is 19.1 Å². The SMILES string of the molecule is CCC(=O)N1CC[C@H](C[C@@H](C(=O)Cc2ncc(C)s2)c2ccc(S(=O)(=O)C3CC3)cc2)C1. The van der Waals surface area contributed by atoms with Crippen LogP contribution in [0, 0.1) is 12.8 Å². The molecule has 0 spiro atoms. The highest BCUT2D eigenvalue weighted by atomic mass is 32.2. The first-order chi connectivity index (χ1) is 15.3. The van der Waals surface area contributed by atoms with Gasteiger partial charge in [0.05, 0.1) is 16.6 Å². The second kappa shape index (κ2) is 9.43.